The summed E-state index contributed by atoms with van der Waals surface area (Å²) in [5, 5.41) is 3.51. The van der Waals surface area contributed by atoms with E-state index in [1.54, 1.807) is 0 Å². The quantitative estimate of drug-likeness (QED) is 0.787. The Morgan fingerprint density at radius 3 is 2.05 bits per heavy atom. The van der Waals surface area contributed by atoms with E-state index in [-0.39, 0.29) is 0 Å². The Labute approximate surface area is 123 Å². The van der Waals surface area contributed by atoms with Crippen molar-refractivity contribution in [1.82, 2.24) is 0 Å². The lowest BCUT2D eigenvalue weighted by molar-refractivity contribution is 0.867. The SMILES string of the molecule is Cc1cc(C)c(CNc2ccc(C(C)C)cc2)cc1C. The zero-order chi connectivity index (χ0) is 14.7. The minimum Gasteiger partial charge on any atom is -0.381 e. The van der Waals surface area contributed by atoms with Crippen molar-refractivity contribution in [1.29, 1.82) is 0 Å². The van der Waals surface area contributed by atoms with E-state index in [1.807, 2.05) is 0 Å². The normalized spacial score (nSPS) is 10.9. The molecular formula is C19H25N. The number of rotatable bonds is 4. The van der Waals surface area contributed by atoms with Crippen molar-refractivity contribution >= 4 is 5.69 Å². The molecule has 0 aromatic heterocycles. The Kier molecular flexibility index (Phi) is 4.49. The van der Waals surface area contributed by atoms with Gasteiger partial charge in [-0.05, 0) is 66.6 Å². The van der Waals surface area contributed by atoms with Crippen LogP contribution in [0.2, 0.25) is 0 Å². The Hall–Kier alpha value is -1.76. The van der Waals surface area contributed by atoms with E-state index < -0.39 is 0 Å². The van der Waals surface area contributed by atoms with E-state index in [0.29, 0.717) is 5.92 Å². The summed E-state index contributed by atoms with van der Waals surface area (Å²) in [6.45, 7) is 11.9. The maximum absolute atomic E-state index is 3.51. The molecule has 0 heterocycles. The Balaban J connectivity index is 2.07. The van der Waals surface area contributed by atoms with Crippen LogP contribution in [0.3, 0.4) is 0 Å². The van der Waals surface area contributed by atoms with Crippen molar-refractivity contribution in [2.45, 2.75) is 47.1 Å². The van der Waals surface area contributed by atoms with Gasteiger partial charge in [0.1, 0.15) is 0 Å². The molecule has 0 saturated heterocycles. The second-order valence-corrected chi connectivity index (χ2v) is 5.99. The molecule has 2 aromatic rings. The van der Waals surface area contributed by atoms with E-state index in [1.165, 1.54) is 33.5 Å². The van der Waals surface area contributed by atoms with Crippen LogP contribution >= 0.6 is 0 Å². The highest BCUT2D eigenvalue weighted by molar-refractivity contribution is 5.47. The summed E-state index contributed by atoms with van der Waals surface area (Å²) in [5.41, 5.74) is 8.04. The third kappa shape index (κ3) is 3.41. The van der Waals surface area contributed by atoms with Crippen molar-refractivity contribution in [3.8, 4) is 0 Å². The number of nitrogens with one attached hydrogen (secondary N) is 1. The summed E-state index contributed by atoms with van der Waals surface area (Å²) in [6.07, 6.45) is 0. The number of aryl methyl sites for hydroxylation is 3. The van der Waals surface area contributed by atoms with Crippen LogP contribution in [-0.4, -0.2) is 0 Å². The zero-order valence-corrected chi connectivity index (χ0v) is 13.2. The zero-order valence-electron chi connectivity index (χ0n) is 13.2. The third-order valence-electron chi connectivity index (χ3n) is 4.01. The van der Waals surface area contributed by atoms with Crippen molar-refractivity contribution in [2.75, 3.05) is 5.32 Å². The van der Waals surface area contributed by atoms with Crippen LogP contribution in [0.25, 0.3) is 0 Å². The molecule has 2 rings (SSSR count). The topological polar surface area (TPSA) is 12.0 Å². The molecule has 0 spiro atoms. The fourth-order valence-corrected chi connectivity index (χ4v) is 2.39. The molecule has 1 nitrogen and oxygen atoms in total. The first-order valence-electron chi connectivity index (χ1n) is 7.38. The van der Waals surface area contributed by atoms with Gasteiger partial charge in [0.15, 0.2) is 0 Å². The maximum Gasteiger partial charge on any atom is 0.0403 e. The molecule has 20 heavy (non-hydrogen) atoms. The molecule has 0 unspecified atom stereocenters. The molecule has 0 atom stereocenters. The number of hydrogen-bond donors (Lipinski definition) is 1. The standard InChI is InChI=1S/C19H25N/c1-13(2)17-6-8-19(9-7-17)20-12-18-11-15(4)14(3)10-16(18)5/h6-11,13,20H,12H2,1-5H3. The van der Waals surface area contributed by atoms with Gasteiger partial charge in [-0.25, -0.2) is 0 Å². The predicted octanol–water partition coefficient (Wildman–Crippen LogP) is 5.35. The van der Waals surface area contributed by atoms with Crippen LogP contribution in [0.1, 0.15) is 47.6 Å². The van der Waals surface area contributed by atoms with Crippen LogP contribution in [0.15, 0.2) is 36.4 Å². The van der Waals surface area contributed by atoms with Gasteiger partial charge in [-0.3, -0.25) is 0 Å². The van der Waals surface area contributed by atoms with Crippen molar-refractivity contribution in [3.05, 3.63) is 64.2 Å². The molecule has 0 radical (unpaired) electrons. The molecule has 1 N–H and O–H groups in total. The van der Waals surface area contributed by atoms with Crippen LogP contribution < -0.4 is 5.32 Å². The molecule has 0 aliphatic heterocycles. The van der Waals surface area contributed by atoms with Gasteiger partial charge >= 0.3 is 0 Å². The van der Waals surface area contributed by atoms with Crippen LogP contribution in [0, 0.1) is 20.8 Å². The van der Waals surface area contributed by atoms with Gasteiger partial charge < -0.3 is 5.32 Å². The fourth-order valence-electron chi connectivity index (χ4n) is 2.39. The lowest BCUT2D eigenvalue weighted by atomic mass is 10.0. The minimum absolute atomic E-state index is 0.589. The minimum atomic E-state index is 0.589. The van der Waals surface area contributed by atoms with Crippen molar-refractivity contribution in [3.63, 3.8) is 0 Å². The second kappa shape index (κ2) is 6.13. The van der Waals surface area contributed by atoms with Gasteiger partial charge in [0.05, 0.1) is 0 Å². The summed E-state index contributed by atoms with van der Waals surface area (Å²) < 4.78 is 0. The molecule has 1 heteroatoms. The van der Waals surface area contributed by atoms with Gasteiger partial charge in [-0.1, -0.05) is 38.1 Å². The van der Waals surface area contributed by atoms with Gasteiger partial charge in [0.25, 0.3) is 0 Å². The van der Waals surface area contributed by atoms with Crippen molar-refractivity contribution < 1.29 is 0 Å². The molecule has 106 valence electrons. The Morgan fingerprint density at radius 2 is 1.45 bits per heavy atom. The highest BCUT2D eigenvalue weighted by atomic mass is 14.9. The van der Waals surface area contributed by atoms with Crippen LogP contribution in [-0.2, 0) is 6.54 Å². The van der Waals surface area contributed by atoms with Gasteiger partial charge in [0, 0.05) is 12.2 Å². The number of anilines is 1. The largest absolute Gasteiger partial charge is 0.381 e. The van der Waals surface area contributed by atoms with Crippen molar-refractivity contribution in [2.24, 2.45) is 0 Å². The first-order valence-corrected chi connectivity index (χ1v) is 7.38. The van der Waals surface area contributed by atoms with E-state index in [4.69, 9.17) is 0 Å². The van der Waals surface area contributed by atoms with E-state index >= 15 is 0 Å². The molecule has 0 aliphatic carbocycles. The van der Waals surface area contributed by atoms with Crippen LogP contribution in [0.5, 0.6) is 0 Å². The fraction of sp³-hybridized carbons (Fsp3) is 0.368. The third-order valence-corrected chi connectivity index (χ3v) is 4.01. The van der Waals surface area contributed by atoms with E-state index in [0.717, 1.165) is 6.54 Å². The summed E-state index contributed by atoms with van der Waals surface area (Å²) in [7, 11) is 0. The summed E-state index contributed by atoms with van der Waals surface area (Å²) in [4.78, 5) is 0. The van der Waals surface area contributed by atoms with E-state index in [9.17, 15) is 0 Å². The average molecular weight is 267 g/mol. The maximum atomic E-state index is 3.51. The van der Waals surface area contributed by atoms with Crippen LogP contribution in [0.4, 0.5) is 5.69 Å². The summed E-state index contributed by atoms with van der Waals surface area (Å²) in [6, 6.07) is 13.3. The number of benzene rings is 2. The average Bonchev–Trinajstić information content (AvgIpc) is 2.42. The monoisotopic (exact) mass is 267 g/mol. The second-order valence-electron chi connectivity index (χ2n) is 5.99. The summed E-state index contributed by atoms with van der Waals surface area (Å²) >= 11 is 0. The molecule has 0 aliphatic rings. The molecule has 0 amide bonds. The first-order chi connectivity index (χ1) is 9.47. The first kappa shape index (κ1) is 14.6. The Bertz CT molecular complexity index is 579. The Morgan fingerprint density at radius 1 is 0.850 bits per heavy atom. The summed E-state index contributed by atoms with van der Waals surface area (Å²) in [5.74, 6) is 0.589. The lowest BCUT2D eigenvalue weighted by Gasteiger charge is -2.13. The van der Waals surface area contributed by atoms with Gasteiger partial charge in [-0.15, -0.1) is 0 Å². The molecule has 0 bridgehead atoms. The van der Waals surface area contributed by atoms with Gasteiger partial charge in [-0.2, -0.15) is 0 Å². The molecule has 0 saturated carbocycles. The molecule has 0 fully saturated rings. The molecule has 2 aromatic carbocycles. The lowest BCUT2D eigenvalue weighted by Crippen LogP contribution is -2.02. The number of hydrogen-bond acceptors (Lipinski definition) is 1. The van der Waals surface area contributed by atoms with Gasteiger partial charge in [0.2, 0.25) is 0 Å². The van der Waals surface area contributed by atoms with E-state index in [2.05, 4.69) is 76.3 Å². The molecular weight excluding hydrogens is 242 g/mol. The highest BCUT2D eigenvalue weighted by Gasteiger charge is 2.03. The smallest absolute Gasteiger partial charge is 0.0403 e. The predicted molar refractivity (Wildman–Crippen MR) is 88.5 cm³/mol. The highest BCUT2D eigenvalue weighted by Crippen LogP contribution is 2.19.